The Morgan fingerprint density at radius 2 is 1.68 bits per heavy atom. The number of rotatable bonds is 5. The highest BCUT2D eigenvalue weighted by Gasteiger charge is 2.46. The van der Waals surface area contributed by atoms with Gasteiger partial charge in [0.1, 0.15) is 11.8 Å². The SMILES string of the molecule is CCOC(=O)C1CC2CC(N3CC(=O)C[C@@H](C(=O)OCC)C3)CCC2CN1C(=O)OC. The van der Waals surface area contributed by atoms with Crippen molar-refractivity contribution in [3.63, 3.8) is 0 Å². The van der Waals surface area contributed by atoms with Crippen LogP contribution >= 0.6 is 0 Å². The number of ether oxygens (including phenoxy) is 3. The van der Waals surface area contributed by atoms with Crippen molar-refractivity contribution in [1.82, 2.24) is 9.80 Å². The first-order valence-corrected chi connectivity index (χ1v) is 11.3. The third-order valence-corrected chi connectivity index (χ3v) is 6.86. The number of hydrogen-bond acceptors (Lipinski definition) is 8. The number of fused-ring (bicyclic) bond motifs is 1. The Balaban J connectivity index is 1.68. The zero-order valence-electron chi connectivity index (χ0n) is 18.7. The van der Waals surface area contributed by atoms with Crippen molar-refractivity contribution in [3.05, 3.63) is 0 Å². The summed E-state index contributed by atoms with van der Waals surface area (Å²) in [5.74, 6) is -0.523. The van der Waals surface area contributed by atoms with Crippen molar-refractivity contribution in [2.75, 3.05) is 40.0 Å². The summed E-state index contributed by atoms with van der Waals surface area (Å²) in [6.45, 7) is 5.43. The molecule has 31 heavy (non-hydrogen) atoms. The number of esters is 2. The number of carbonyl (C=O) groups excluding carboxylic acids is 4. The fourth-order valence-corrected chi connectivity index (χ4v) is 5.41. The summed E-state index contributed by atoms with van der Waals surface area (Å²) in [7, 11) is 1.32. The molecule has 3 fully saturated rings. The predicted octanol–water partition coefficient (Wildman–Crippen LogP) is 1.63. The second-order valence-corrected chi connectivity index (χ2v) is 8.73. The van der Waals surface area contributed by atoms with Gasteiger partial charge in [0.15, 0.2) is 0 Å². The summed E-state index contributed by atoms with van der Waals surface area (Å²) >= 11 is 0. The maximum absolute atomic E-state index is 12.5. The van der Waals surface area contributed by atoms with Crippen LogP contribution in [0.5, 0.6) is 0 Å². The van der Waals surface area contributed by atoms with Gasteiger partial charge in [-0.3, -0.25) is 19.4 Å². The van der Waals surface area contributed by atoms with Crippen LogP contribution in [-0.4, -0.2) is 85.7 Å². The molecule has 1 saturated carbocycles. The molecule has 3 aliphatic rings. The predicted molar refractivity (Wildman–Crippen MR) is 110 cm³/mol. The smallest absolute Gasteiger partial charge is 0.410 e. The first kappa shape index (κ1) is 23.5. The van der Waals surface area contributed by atoms with E-state index in [9.17, 15) is 19.2 Å². The van der Waals surface area contributed by atoms with E-state index in [4.69, 9.17) is 14.2 Å². The lowest BCUT2D eigenvalue weighted by atomic mass is 9.70. The van der Waals surface area contributed by atoms with Crippen LogP contribution in [0.25, 0.3) is 0 Å². The summed E-state index contributed by atoms with van der Waals surface area (Å²) in [4.78, 5) is 52.9. The second-order valence-electron chi connectivity index (χ2n) is 8.73. The molecule has 0 bridgehead atoms. The molecule has 4 unspecified atom stereocenters. The van der Waals surface area contributed by atoms with Gasteiger partial charge in [0.05, 0.1) is 32.8 Å². The largest absolute Gasteiger partial charge is 0.466 e. The first-order chi connectivity index (χ1) is 14.9. The van der Waals surface area contributed by atoms with E-state index in [0.29, 0.717) is 32.7 Å². The maximum atomic E-state index is 12.5. The third-order valence-electron chi connectivity index (χ3n) is 6.86. The molecule has 0 N–H and O–H groups in total. The van der Waals surface area contributed by atoms with Gasteiger partial charge in [0, 0.05) is 25.6 Å². The van der Waals surface area contributed by atoms with Crippen molar-refractivity contribution >= 4 is 23.8 Å². The van der Waals surface area contributed by atoms with Crippen LogP contribution in [0.1, 0.15) is 46.0 Å². The molecule has 0 aromatic heterocycles. The molecule has 0 aromatic rings. The number of carbonyl (C=O) groups is 4. The van der Waals surface area contributed by atoms with Gasteiger partial charge in [-0.25, -0.2) is 9.59 Å². The van der Waals surface area contributed by atoms with E-state index in [1.165, 1.54) is 12.0 Å². The number of piperidine rings is 2. The van der Waals surface area contributed by atoms with Gasteiger partial charge in [-0.2, -0.15) is 0 Å². The van der Waals surface area contributed by atoms with Crippen LogP contribution in [0.3, 0.4) is 0 Å². The van der Waals surface area contributed by atoms with E-state index in [0.717, 1.165) is 19.3 Å². The molecule has 0 spiro atoms. The quantitative estimate of drug-likeness (QED) is 0.471. The monoisotopic (exact) mass is 438 g/mol. The van der Waals surface area contributed by atoms with Gasteiger partial charge in [-0.05, 0) is 51.4 Å². The Morgan fingerprint density at radius 3 is 2.35 bits per heavy atom. The Hall–Kier alpha value is -2.16. The van der Waals surface area contributed by atoms with Crippen molar-refractivity contribution in [1.29, 1.82) is 0 Å². The molecule has 0 aromatic carbocycles. The summed E-state index contributed by atoms with van der Waals surface area (Å²) in [5, 5.41) is 0. The number of hydrogen-bond donors (Lipinski definition) is 0. The number of amides is 1. The molecular weight excluding hydrogens is 404 g/mol. The number of Topliss-reactive ketones (excluding diaryl/α,β-unsaturated/α-hetero) is 1. The number of nitrogens with zero attached hydrogens (tertiary/aromatic N) is 2. The molecule has 3 rings (SSSR count). The van der Waals surface area contributed by atoms with Crippen LogP contribution in [0.15, 0.2) is 0 Å². The van der Waals surface area contributed by atoms with E-state index < -0.39 is 24.0 Å². The molecule has 5 atom stereocenters. The van der Waals surface area contributed by atoms with Crippen LogP contribution in [0.2, 0.25) is 0 Å². The van der Waals surface area contributed by atoms with Gasteiger partial charge >= 0.3 is 18.0 Å². The van der Waals surface area contributed by atoms with Gasteiger partial charge in [-0.1, -0.05) is 0 Å². The fraction of sp³-hybridized carbons (Fsp3) is 0.818. The van der Waals surface area contributed by atoms with Crippen LogP contribution in [-0.2, 0) is 28.6 Å². The molecular formula is C22H34N2O7. The average molecular weight is 439 g/mol. The lowest BCUT2D eigenvalue weighted by molar-refractivity contribution is -0.154. The van der Waals surface area contributed by atoms with Crippen LogP contribution < -0.4 is 0 Å². The molecule has 174 valence electrons. The summed E-state index contributed by atoms with van der Waals surface area (Å²) < 4.78 is 15.3. The number of ketones is 1. The van der Waals surface area contributed by atoms with Crippen molar-refractivity contribution in [2.45, 2.75) is 58.0 Å². The average Bonchev–Trinajstić information content (AvgIpc) is 2.77. The van der Waals surface area contributed by atoms with E-state index in [-0.39, 0.29) is 42.7 Å². The molecule has 1 aliphatic carbocycles. The van der Waals surface area contributed by atoms with Gasteiger partial charge < -0.3 is 14.2 Å². The van der Waals surface area contributed by atoms with Crippen molar-refractivity contribution in [3.8, 4) is 0 Å². The standard InChI is InChI=1S/C22H34N2O7/c1-4-30-20(26)16-9-18(25)13-23(11-16)17-7-6-14-12-24(22(28)29-3)19(10-15(14)8-17)21(27)31-5-2/h14-17,19H,4-13H2,1-3H3/t14?,15?,16-,17?,19?/m1/s1. The third kappa shape index (κ3) is 5.37. The minimum Gasteiger partial charge on any atom is -0.466 e. The Kier molecular flexibility index (Phi) is 7.91. The molecule has 9 heteroatoms. The molecule has 2 saturated heterocycles. The van der Waals surface area contributed by atoms with Gasteiger partial charge in [-0.15, -0.1) is 0 Å². The molecule has 9 nitrogen and oxygen atoms in total. The van der Waals surface area contributed by atoms with Crippen molar-refractivity contribution in [2.24, 2.45) is 17.8 Å². The highest BCUT2D eigenvalue weighted by atomic mass is 16.6. The Bertz CT molecular complexity index is 697. The van der Waals surface area contributed by atoms with E-state index in [1.54, 1.807) is 13.8 Å². The number of methoxy groups -OCH3 is 1. The lowest BCUT2D eigenvalue weighted by Crippen LogP contribution is -2.57. The van der Waals surface area contributed by atoms with Gasteiger partial charge in [0.2, 0.25) is 0 Å². The zero-order valence-corrected chi connectivity index (χ0v) is 18.7. The minimum absolute atomic E-state index is 0.0661. The maximum Gasteiger partial charge on any atom is 0.410 e. The Labute approximate surface area is 183 Å². The molecule has 2 aliphatic heterocycles. The van der Waals surface area contributed by atoms with E-state index in [2.05, 4.69) is 4.90 Å². The molecule has 0 radical (unpaired) electrons. The molecule has 1 amide bonds. The molecule has 2 heterocycles. The summed E-state index contributed by atoms with van der Waals surface area (Å²) in [6, 6.07) is -0.474. The van der Waals surface area contributed by atoms with Crippen molar-refractivity contribution < 1.29 is 33.4 Å². The van der Waals surface area contributed by atoms with Crippen LogP contribution in [0, 0.1) is 17.8 Å². The fourth-order valence-electron chi connectivity index (χ4n) is 5.41. The second kappa shape index (κ2) is 10.4. The minimum atomic E-state index is -0.650. The van der Waals surface area contributed by atoms with E-state index >= 15 is 0 Å². The van der Waals surface area contributed by atoms with Gasteiger partial charge in [0.25, 0.3) is 0 Å². The Morgan fingerprint density at radius 1 is 0.968 bits per heavy atom. The zero-order chi connectivity index (χ0) is 22.5. The highest BCUT2D eigenvalue weighted by molar-refractivity contribution is 5.87. The van der Waals surface area contributed by atoms with Crippen LogP contribution in [0.4, 0.5) is 4.79 Å². The van der Waals surface area contributed by atoms with E-state index in [1.807, 2.05) is 0 Å². The first-order valence-electron chi connectivity index (χ1n) is 11.3. The number of likely N-dealkylation sites (tertiary alicyclic amines) is 2. The normalized spacial score (nSPS) is 31.5. The highest BCUT2D eigenvalue weighted by Crippen LogP contribution is 2.41. The topological polar surface area (TPSA) is 102 Å². The summed E-state index contributed by atoms with van der Waals surface area (Å²) in [5.41, 5.74) is 0. The lowest BCUT2D eigenvalue weighted by Gasteiger charge is -2.48. The summed E-state index contributed by atoms with van der Waals surface area (Å²) in [6.07, 6.45) is 2.89.